The van der Waals surface area contributed by atoms with Crippen molar-refractivity contribution in [3.8, 4) is 34.8 Å². The van der Waals surface area contributed by atoms with Crippen molar-refractivity contribution in [2.24, 2.45) is 0 Å². The molecule has 6 heteroatoms. The Hall–Kier alpha value is -3.51. The van der Waals surface area contributed by atoms with Gasteiger partial charge < -0.3 is 9.47 Å². The molecular formula is C44H62O4Si2. The molecule has 2 unspecified atom stereocenters. The summed E-state index contributed by atoms with van der Waals surface area (Å²) in [6.45, 7) is 30.4. The highest BCUT2D eigenvalue weighted by Crippen LogP contribution is 2.42. The van der Waals surface area contributed by atoms with E-state index in [9.17, 15) is 9.59 Å². The van der Waals surface area contributed by atoms with E-state index >= 15 is 0 Å². The summed E-state index contributed by atoms with van der Waals surface area (Å²) in [6.07, 6.45) is -0.293. The van der Waals surface area contributed by atoms with Gasteiger partial charge in [0.25, 0.3) is 0 Å². The molecule has 0 radical (unpaired) electrons. The number of hydrogen-bond acceptors (Lipinski definition) is 4. The Balaban J connectivity index is 2.61. The van der Waals surface area contributed by atoms with Gasteiger partial charge >= 0.3 is 11.9 Å². The SMILES string of the molecule is CC(=O)OC(CC#C[Si](C(C)C)(C(C)C)C(C)C)c1ccccc1C#Cc1ccccc1C(CC#C[Si](C(C)C)(C(C)C)C(C)C)OC(C)=O. The molecule has 0 bridgehead atoms. The van der Waals surface area contributed by atoms with E-state index in [-0.39, 0.29) is 11.9 Å². The van der Waals surface area contributed by atoms with Crippen molar-refractivity contribution in [2.45, 2.75) is 155 Å². The van der Waals surface area contributed by atoms with Gasteiger partial charge in [-0.3, -0.25) is 9.59 Å². The molecule has 0 heterocycles. The van der Waals surface area contributed by atoms with E-state index in [0.717, 1.165) is 22.3 Å². The largest absolute Gasteiger partial charge is 0.457 e. The minimum atomic E-state index is -1.95. The van der Waals surface area contributed by atoms with Crippen LogP contribution in [0.4, 0.5) is 0 Å². The second-order valence-corrected chi connectivity index (χ2v) is 26.6. The number of rotatable bonds is 12. The van der Waals surface area contributed by atoms with Crippen LogP contribution in [0.1, 0.15) is 144 Å². The molecule has 2 aromatic carbocycles. The Kier molecular flexibility index (Phi) is 16.4. The second kappa shape index (κ2) is 19.2. The van der Waals surface area contributed by atoms with E-state index in [1.54, 1.807) is 0 Å². The fourth-order valence-corrected chi connectivity index (χ4v) is 18.8. The molecule has 0 amide bonds. The fraction of sp³-hybridized carbons (Fsp3) is 0.545. The van der Waals surface area contributed by atoms with Crippen molar-refractivity contribution in [3.05, 3.63) is 70.8 Å². The zero-order valence-corrected chi connectivity index (χ0v) is 35.3. The molecule has 0 aliphatic rings. The van der Waals surface area contributed by atoms with E-state index in [4.69, 9.17) is 9.47 Å². The lowest BCUT2D eigenvalue weighted by atomic mass is 9.98. The van der Waals surface area contributed by atoms with Crippen LogP contribution >= 0.6 is 0 Å². The Bertz CT molecular complexity index is 1470. The predicted molar refractivity (Wildman–Crippen MR) is 215 cm³/mol. The van der Waals surface area contributed by atoms with Crippen molar-refractivity contribution >= 4 is 28.1 Å². The molecule has 50 heavy (non-hydrogen) atoms. The van der Waals surface area contributed by atoms with Gasteiger partial charge in [0.1, 0.15) is 28.4 Å². The molecule has 4 nitrogen and oxygen atoms in total. The summed E-state index contributed by atoms with van der Waals surface area (Å²) in [6, 6.07) is 15.6. The molecule has 2 aromatic rings. The zero-order chi connectivity index (χ0) is 37.8. The third kappa shape index (κ3) is 10.5. The molecule has 270 valence electrons. The van der Waals surface area contributed by atoms with Gasteiger partial charge in [-0.25, -0.2) is 0 Å². The maximum absolute atomic E-state index is 12.3. The average Bonchev–Trinajstić information content (AvgIpc) is 3.01. The van der Waals surface area contributed by atoms with Crippen LogP contribution in [-0.2, 0) is 19.1 Å². The maximum Gasteiger partial charge on any atom is 0.303 e. The average molecular weight is 711 g/mol. The highest BCUT2D eigenvalue weighted by Gasteiger charge is 2.42. The van der Waals surface area contributed by atoms with Crippen molar-refractivity contribution in [1.29, 1.82) is 0 Å². The maximum atomic E-state index is 12.3. The number of ether oxygens (including phenoxy) is 2. The second-order valence-electron chi connectivity index (χ2n) is 15.4. The molecule has 2 atom stereocenters. The highest BCUT2D eigenvalue weighted by molar-refractivity contribution is 6.91. The molecular weight excluding hydrogens is 649 g/mol. The molecule has 0 saturated heterocycles. The number of hydrogen-bond donors (Lipinski definition) is 0. The van der Waals surface area contributed by atoms with Crippen LogP contribution in [0.25, 0.3) is 0 Å². The van der Waals surface area contributed by atoms with Gasteiger partial charge in [-0.2, -0.15) is 0 Å². The van der Waals surface area contributed by atoms with E-state index in [1.807, 2.05) is 48.5 Å². The van der Waals surface area contributed by atoms with Crippen molar-refractivity contribution in [3.63, 3.8) is 0 Å². The van der Waals surface area contributed by atoms with E-state index in [1.165, 1.54) is 13.8 Å². The smallest absolute Gasteiger partial charge is 0.303 e. The van der Waals surface area contributed by atoms with Crippen molar-refractivity contribution in [2.75, 3.05) is 0 Å². The van der Waals surface area contributed by atoms with Crippen LogP contribution in [0.15, 0.2) is 48.5 Å². The Morgan fingerprint density at radius 2 is 0.800 bits per heavy atom. The minimum absolute atomic E-state index is 0.352. The first-order valence-electron chi connectivity index (χ1n) is 18.5. The first-order chi connectivity index (χ1) is 23.4. The van der Waals surface area contributed by atoms with Crippen LogP contribution in [0.2, 0.25) is 33.2 Å². The molecule has 2 rings (SSSR count). The summed E-state index contributed by atoms with van der Waals surface area (Å²) in [5.74, 6) is 13.0. The minimum Gasteiger partial charge on any atom is -0.457 e. The van der Waals surface area contributed by atoms with Gasteiger partial charge in [0.15, 0.2) is 0 Å². The highest BCUT2D eigenvalue weighted by atomic mass is 28.3. The van der Waals surface area contributed by atoms with Gasteiger partial charge in [-0.15, -0.1) is 22.9 Å². The van der Waals surface area contributed by atoms with Crippen LogP contribution in [-0.4, -0.2) is 28.1 Å². The molecule has 0 spiro atoms. The van der Waals surface area contributed by atoms with Crippen LogP contribution in [0.5, 0.6) is 0 Å². The van der Waals surface area contributed by atoms with Gasteiger partial charge in [0, 0.05) is 48.9 Å². The molecule has 0 fully saturated rings. The molecule has 0 aliphatic carbocycles. The summed E-state index contributed by atoms with van der Waals surface area (Å²) in [7, 11) is -3.90. The quantitative estimate of drug-likeness (QED) is 0.125. The van der Waals surface area contributed by atoms with Gasteiger partial charge in [-0.1, -0.05) is 131 Å². The third-order valence-electron chi connectivity index (χ3n) is 10.5. The lowest BCUT2D eigenvalue weighted by molar-refractivity contribution is -0.147. The van der Waals surface area contributed by atoms with E-state index in [2.05, 4.69) is 118 Å². The van der Waals surface area contributed by atoms with E-state index in [0.29, 0.717) is 46.1 Å². The van der Waals surface area contributed by atoms with Crippen LogP contribution < -0.4 is 0 Å². The van der Waals surface area contributed by atoms with Gasteiger partial charge in [0.05, 0.1) is 0 Å². The topological polar surface area (TPSA) is 52.6 Å². The molecule has 0 saturated carbocycles. The summed E-state index contributed by atoms with van der Waals surface area (Å²) >= 11 is 0. The number of carbonyl (C=O) groups is 2. The Morgan fingerprint density at radius 3 is 1.06 bits per heavy atom. The lowest BCUT2D eigenvalue weighted by Crippen LogP contribution is -2.43. The van der Waals surface area contributed by atoms with Crippen molar-refractivity contribution in [1.82, 2.24) is 0 Å². The van der Waals surface area contributed by atoms with Gasteiger partial charge in [-0.05, 0) is 45.4 Å². The van der Waals surface area contributed by atoms with E-state index < -0.39 is 28.4 Å². The lowest BCUT2D eigenvalue weighted by Gasteiger charge is -2.38. The number of carbonyl (C=O) groups excluding carboxylic acids is 2. The first-order valence-corrected chi connectivity index (χ1v) is 22.9. The Labute approximate surface area is 306 Å². The van der Waals surface area contributed by atoms with Crippen LogP contribution in [0, 0.1) is 34.8 Å². The van der Waals surface area contributed by atoms with Crippen molar-refractivity contribution < 1.29 is 19.1 Å². The summed E-state index contributed by atoms with van der Waals surface area (Å²) < 4.78 is 11.8. The molecule has 0 aromatic heterocycles. The van der Waals surface area contributed by atoms with Gasteiger partial charge in [0.2, 0.25) is 0 Å². The summed E-state index contributed by atoms with van der Waals surface area (Å²) in [5, 5.41) is 0. The molecule has 0 aliphatic heterocycles. The standard InChI is InChI=1S/C44H62O4Si2/c1-31(2)49(32(3)4,33(5)6)29-19-25-43(47-37(13)45)41-23-17-15-21-39(41)27-28-40-22-16-18-24-42(40)44(48-38(14)46)26-20-30-50(34(7)8,35(9)10)36(11)12/h15-18,21-24,31-36,43-44H,25-26H2,1-14H3. The zero-order valence-electron chi connectivity index (χ0n) is 33.3. The first kappa shape index (κ1) is 42.7. The number of benzene rings is 2. The Morgan fingerprint density at radius 1 is 0.520 bits per heavy atom. The predicted octanol–water partition coefficient (Wildman–Crippen LogP) is 11.5. The number of esters is 2. The molecule has 0 N–H and O–H groups in total. The monoisotopic (exact) mass is 710 g/mol. The van der Waals surface area contributed by atoms with Crippen LogP contribution in [0.3, 0.4) is 0 Å². The fourth-order valence-electron chi connectivity index (χ4n) is 8.21. The normalized spacial score (nSPS) is 13.0. The third-order valence-corrected chi connectivity index (χ3v) is 23.2. The summed E-state index contributed by atoms with van der Waals surface area (Å²) in [5.41, 5.74) is 13.8. The summed E-state index contributed by atoms with van der Waals surface area (Å²) in [4.78, 5) is 24.6.